The van der Waals surface area contributed by atoms with Gasteiger partial charge in [0, 0.05) is 18.2 Å². The van der Waals surface area contributed by atoms with Gasteiger partial charge in [-0.05, 0) is 55.3 Å². The molecule has 1 atom stereocenters. The van der Waals surface area contributed by atoms with Crippen LogP contribution in [0.2, 0.25) is 0 Å². The number of benzene rings is 2. The molecule has 1 heterocycles. The highest BCUT2D eigenvalue weighted by molar-refractivity contribution is 7.98. The van der Waals surface area contributed by atoms with Crippen LogP contribution >= 0.6 is 11.8 Å². The molecular weight excluding hydrogens is 400 g/mol. The Morgan fingerprint density at radius 1 is 1.33 bits per heavy atom. The molecule has 0 bridgehead atoms. The van der Waals surface area contributed by atoms with E-state index in [2.05, 4.69) is 5.32 Å². The van der Waals surface area contributed by atoms with Crippen molar-refractivity contribution >= 4 is 29.3 Å². The summed E-state index contributed by atoms with van der Waals surface area (Å²) >= 11 is 1.66. The van der Waals surface area contributed by atoms with Crippen LogP contribution in [0, 0.1) is 5.92 Å². The lowest BCUT2D eigenvalue weighted by atomic mass is 10.1. The molecule has 1 aliphatic heterocycles. The van der Waals surface area contributed by atoms with Gasteiger partial charge in [0.2, 0.25) is 5.91 Å². The van der Waals surface area contributed by atoms with Crippen LogP contribution in [0.25, 0.3) is 0 Å². The molecule has 1 fully saturated rings. The molecule has 2 N–H and O–H groups in total. The van der Waals surface area contributed by atoms with Crippen molar-refractivity contribution in [3.8, 4) is 11.5 Å². The smallest absolute Gasteiger partial charge is 0.257 e. The van der Waals surface area contributed by atoms with Crippen molar-refractivity contribution in [1.82, 2.24) is 4.90 Å². The largest absolute Gasteiger partial charge is 0.504 e. The highest BCUT2D eigenvalue weighted by atomic mass is 32.2. The number of carbonyl (C=O) groups is 2. The van der Waals surface area contributed by atoms with Gasteiger partial charge < -0.3 is 20.1 Å². The van der Waals surface area contributed by atoms with Crippen LogP contribution in [0.15, 0.2) is 36.4 Å². The third-order valence-corrected chi connectivity index (χ3v) is 6.19. The zero-order valence-corrected chi connectivity index (χ0v) is 18.0. The number of aromatic hydroxyl groups is 1. The van der Waals surface area contributed by atoms with Gasteiger partial charge in [0.15, 0.2) is 11.5 Å². The number of hydrogen-bond acceptors (Lipinski definition) is 5. The van der Waals surface area contributed by atoms with Gasteiger partial charge in [0.25, 0.3) is 5.91 Å². The third-order valence-electron chi connectivity index (χ3n) is 5.54. The standard InChI is InChI=1S/C23H26N2O4S/c1-3-29-20-11-15(9-10-19(20)26)18(13-30-2)25-12-16-5-4-6-17(21(16)23(25)28)24-22(27)14-7-8-14/h4-6,9-11,14,18,26H,3,7-8,12-13H2,1-2H3,(H,24,27)/t18-/m1/s1. The summed E-state index contributed by atoms with van der Waals surface area (Å²) < 4.78 is 5.54. The van der Waals surface area contributed by atoms with Gasteiger partial charge in [0.05, 0.1) is 23.9 Å². The molecule has 2 aromatic carbocycles. The van der Waals surface area contributed by atoms with Crippen molar-refractivity contribution in [2.24, 2.45) is 5.92 Å². The van der Waals surface area contributed by atoms with Crippen LogP contribution < -0.4 is 10.1 Å². The number of carbonyl (C=O) groups excluding carboxylic acids is 2. The first-order chi connectivity index (χ1) is 14.5. The van der Waals surface area contributed by atoms with E-state index in [0.29, 0.717) is 35.9 Å². The molecule has 0 radical (unpaired) electrons. The summed E-state index contributed by atoms with van der Waals surface area (Å²) in [7, 11) is 0. The number of fused-ring (bicyclic) bond motifs is 1. The normalized spacial score (nSPS) is 16.3. The first kappa shape index (κ1) is 20.6. The molecule has 2 aliphatic rings. The van der Waals surface area contributed by atoms with Gasteiger partial charge in [-0.1, -0.05) is 18.2 Å². The predicted octanol–water partition coefficient (Wildman–Crippen LogP) is 4.20. The number of ether oxygens (including phenoxy) is 1. The average Bonchev–Trinajstić information content (AvgIpc) is 3.53. The van der Waals surface area contributed by atoms with E-state index >= 15 is 0 Å². The molecule has 0 unspecified atom stereocenters. The highest BCUT2D eigenvalue weighted by Gasteiger charge is 2.37. The number of anilines is 1. The minimum atomic E-state index is -0.174. The van der Waals surface area contributed by atoms with Crippen LogP contribution in [-0.4, -0.2) is 40.4 Å². The van der Waals surface area contributed by atoms with E-state index in [1.807, 2.05) is 42.3 Å². The van der Waals surface area contributed by atoms with E-state index in [1.54, 1.807) is 23.9 Å². The fourth-order valence-corrected chi connectivity index (χ4v) is 4.54. The Bertz CT molecular complexity index is 974. The molecule has 0 aromatic heterocycles. The quantitative estimate of drug-likeness (QED) is 0.661. The minimum Gasteiger partial charge on any atom is -0.504 e. The van der Waals surface area contributed by atoms with E-state index in [1.165, 1.54) is 0 Å². The molecule has 4 rings (SSSR count). The van der Waals surface area contributed by atoms with Crippen molar-refractivity contribution in [3.05, 3.63) is 53.1 Å². The summed E-state index contributed by atoms with van der Waals surface area (Å²) in [6.07, 6.45) is 3.84. The van der Waals surface area contributed by atoms with Gasteiger partial charge in [-0.3, -0.25) is 9.59 Å². The maximum atomic E-state index is 13.4. The lowest BCUT2D eigenvalue weighted by Gasteiger charge is -2.28. The summed E-state index contributed by atoms with van der Waals surface area (Å²) in [6, 6.07) is 10.7. The first-order valence-corrected chi connectivity index (χ1v) is 11.6. The van der Waals surface area contributed by atoms with Crippen molar-refractivity contribution in [1.29, 1.82) is 0 Å². The fourth-order valence-electron chi connectivity index (χ4n) is 3.85. The van der Waals surface area contributed by atoms with E-state index in [0.717, 1.165) is 24.0 Å². The Morgan fingerprint density at radius 3 is 2.83 bits per heavy atom. The van der Waals surface area contributed by atoms with E-state index in [4.69, 9.17) is 4.74 Å². The monoisotopic (exact) mass is 426 g/mol. The molecule has 158 valence electrons. The Labute approximate surface area is 180 Å². The van der Waals surface area contributed by atoms with E-state index < -0.39 is 0 Å². The average molecular weight is 427 g/mol. The number of hydrogen-bond donors (Lipinski definition) is 2. The van der Waals surface area contributed by atoms with Crippen molar-refractivity contribution < 1.29 is 19.4 Å². The molecule has 1 aliphatic carbocycles. The van der Waals surface area contributed by atoms with E-state index in [9.17, 15) is 14.7 Å². The second-order valence-corrected chi connectivity index (χ2v) is 8.58. The zero-order valence-electron chi connectivity index (χ0n) is 17.2. The molecular formula is C23H26N2O4S. The molecule has 2 aromatic rings. The van der Waals surface area contributed by atoms with Crippen LogP contribution in [0.3, 0.4) is 0 Å². The van der Waals surface area contributed by atoms with Crippen LogP contribution in [0.5, 0.6) is 11.5 Å². The zero-order chi connectivity index (χ0) is 21.3. The van der Waals surface area contributed by atoms with Crippen molar-refractivity contribution in [3.63, 3.8) is 0 Å². The summed E-state index contributed by atoms with van der Waals surface area (Å²) in [4.78, 5) is 27.6. The van der Waals surface area contributed by atoms with Crippen LogP contribution in [0.1, 0.15) is 47.3 Å². The number of phenols is 1. The maximum absolute atomic E-state index is 13.4. The molecule has 0 saturated heterocycles. The molecule has 2 amide bonds. The Morgan fingerprint density at radius 2 is 2.13 bits per heavy atom. The van der Waals surface area contributed by atoms with Gasteiger partial charge in [-0.25, -0.2) is 0 Å². The first-order valence-electron chi connectivity index (χ1n) is 10.2. The van der Waals surface area contributed by atoms with Gasteiger partial charge >= 0.3 is 0 Å². The second-order valence-electron chi connectivity index (χ2n) is 7.67. The molecule has 6 nitrogen and oxygen atoms in total. The van der Waals surface area contributed by atoms with E-state index in [-0.39, 0.29) is 29.5 Å². The molecule has 0 spiro atoms. The molecule has 30 heavy (non-hydrogen) atoms. The second kappa shape index (κ2) is 8.60. The lowest BCUT2D eigenvalue weighted by Crippen LogP contribution is -2.31. The lowest BCUT2D eigenvalue weighted by molar-refractivity contribution is -0.117. The van der Waals surface area contributed by atoms with Gasteiger partial charge in [-0.15, -0.1) is 0 Å². The summed E-state index contributed by atoms with van der Waals surface area (Å²) in [6.45, 7) is 2.79. The molecule has 1 saturated carbocycles. The number of amides is 2. The number of nitrogens with one attached hydrogen (secondary N) is 1. The number of rotatable bonds is 8. The third kappa shape index (κ3) is 3.99. The maximum Gasteiger partial charge on any atom is 0.257 e. The predicted molar refractivity (Wildman–Crippen MR) is 118 cm³/mol. The Hall–Kier alpha value is -2.67. The van der Waals surface area contributed by atoms with Crippen molar-refractivity contribution in [2.45, 2.75) is 32.4 Å². The number of nitrogens with zero attached hydrogens (tertiary/aromatic N) is 1. The fraction of sp³-hybridized carbons (Fsp3) is 0.391. The Balaban J connectivity index is 1.64. The van der Waals surface area contributed by atoms with Gasteiger partial charge in [0.1, 0.15) is 0 Å². The molecule has 7 heteroatoms. The van der Waals surface area contributed by atoms with Crippen LogP contribution in [0.4, 0.5) is 5.69 Å². The summed E-state index contributed by atoms with van der Waals surface area (Å²) in [5, 5.41) is 13.0. The van der Waals surface area contributed by atoms with Crippen LogP contribution in [-0.2, 0) is 11.3 Å². The highest BCUT2D eigenvalue weighted by Crippen LogP contribution is 2.39. The topological polar surface area (TPSA) is 78.9 Å². The SMILES string of the molecule is CCOc1cc([C@@H](CSC)N2Cc3cccc(NC(=O)C4CC4)c3C2=O)ccc1O. The van der Waals surface area contributed by atoms with Crippen molar-refractivity contribution in [2.75, 3.05) is 23.9 Å². The van der Waals surface area contributed by atoms with Gasteiger partial charge in [-0.2, -0.15) is 11.8 Å². The Kier molecular flexibility index (Phi) is 5.90. The summed E-state index contributed by atoms with van der Waals surface area (Å²) in [5.74, 6) is 1.20. The minimum absolute atomic E-state index is 0.00444. The summed E-state index contributed by atoms with van der Waals surface area (Å²) in [5.41, 5.74) is 3.01. The number of thioether (sulfide) groups is 1. The number of phenolic OH excluding ortho intramolecular Hbond substituents is 1.